The standard InChI is InChI=1S/2C18H18N4O4S.C6H16N2.Cr/c2*1-3-27(25,26)14-9-10-15(16(23)11-14)19-20-17-12(2)21-22(18(17)24)13-7-5-4-6-8-13;7-5-3-1-2-4-6-8;/h2*4-11,21,23H,3H2,1-2H3;1-8H2;/q;;;+3/p-1. The van der Waals surface area contributed by atoms with Gasteiger partial charge in [0.25, 0.3) is 11.1 Å². The van der Waals surface area contributed by atoms with Crippen LogP contribution in [0.1, 0.15) is 50.9 Å². The summed E-state index contributed by atoms with van der Waals surface area (Å²) in [6, 6.07) is 25.4. The number of azo groups is 2. The van der Waals surface area contributed by atoms with Crippen LogP contribution in [0.2, 0.25) is 0 Å². The SMILES string of the molecule is CCS(=O)(=O)c1ccc(N=Nc2c(C)[nH]n(-c3ccccc3)c2=O)c(O)c1.CCS(=O)(=O)c1ccc(N=Nc2c(C)[nH]n(-c3ccccc3)c2=O)c([O-])c1.NCCCCCCN.[Cr+3]. The first-order chi connectivity index (χ1) is 29.6. The van der Waals surface area contributed by atoms with E-state index in [0.29, 0.717) is 22.8 Å². The Labute approximate surface area is 376 Å². The van der Waals surface area contributed by atoms with Gasteiger partial charge in [-0.25, -0.2) is 26.2 Å². The fourth-order valence-corrected chi connectivity index (χ4v) is 7.36. The minimum atomic E-state index is -3.48. The van der Waals surface area contributed by atoms with E-state index < -0.39 is 31.0 Å². The van der Waals surface area contributed by atoms with Gasteiger partial charge in [0, 0.05) is 6.07 Å². The number of phenols is 1. The van der Waals surface area contributed by atoms with Gasteiger partial charge in [0.1, 0.15) is 11.4 Å². The molecular formula is C42H51CrN10O8S2+2. The smallest absolute Gasteiger partial charge is 0.871 e. The normalized spacial score (nSPS) is 11.5. The van der Waals surface area contributed by atoms with Gasteiger partial charge in [0.2, 0.25) is 0 Å². The molecule has 6 rings (SSSR count). The first kappa shape index (κ1) is 51.4. The minimum absolute atomic E-state index is 0. The van der Waals surface area contributed by atoms with Gasteiger partial charge >= 0.3 is 17.4 Å². The van der Waals surface area contributed by atoms with E-state index in [9.17, 15) is 36.6 Å². The molecular weight excluding hydrogens is 889 g/mol. The van der Waals surface area contributed by atoms with Gasteiger partial charge < -0.3 is 21.7 Å². The summed E-state index contributed by atoms with van der Waals surface area (Å²) in [6.07, 6.45) is 4.79. The van der Waals surface area contributed by atoms with Crippen LogP contribution >= 0.6 is 0 Å². The van der Waals surface area contributed by atoms with E-state index in [-0.39, 0.29) is 72.7 Å². The van der Waals surface area contributed by atoms with E-state index >= 15 is 0 Å². The molecule has 0 spiro atoms. The van der Waals surface area contributed by atoms with E-state index in [1.54, 1.807) is 50.2 Å². The first-order valence-corrected chi connectivity index (χ1v) is 23.0. The second kappa shape index (κ2) is 24.0. The summed E-state index contributed by atoms with van der Waals surface area (Å²) >= 11 is 0. The number of aromatic hydroxyl groups is 1. The van der Waals surface area contributed by atoms with E-state index in [1.807, 2.05) is 24.3 Å². The maximum absolute atomic E-state index is 12.6. The number of aromatic amines is 2. The summed E-state index contributed by atoms with van der Waals surface area (Å²) in [4.78, 5) is 25.0. The van der Waals surface area contributed by atoms with Crippen molar-refractivity contribution >= 4 is 42.4 Å². The van der Waals surface area contributed by atoms with Crippen LogP contribution in [0.15, 0.2) is 137 Å². The third-order valence-corrected chi connectivity index (χ3v) is 12.6. The Morgan fingerprint density at radius 2 is 1.00 bits per heavy atom. The Morgan fingerprint density at radius 1 is 0.603 bits per heavy atom. The molecule has 63 heavy (non-hydrogen) atoms. The van der Waals surface area contributed by atoms with Crippen molar-refractivity contribution in [2.75, 3.05) is 24.6 Å². The Hall–Kier alpha value is -5.95. The molecule has 7 N–H and O–H groups in total. The maximum Gasteiger partial charge on any atom is 3.00 e. The molecule has 2 aromatic heterocycles. The largest absolute Gasteiger partial charge is 3.00 e. The molecule has 0 unspecified atom stereocenters. The van der Waals surface area contributed by atoms with Crippen molar-refractivity contribution in [1.82, 2.24) is 19.6 Å². The van der Waals surface area contributed by atoms with Crippen LogP contribution in [0.3, 0.4) is 0 Å². The minimum Gasteiger partial charge on any atom is -0.871 e. The summed E-state index contributed by atoms with van der Waals surface area (Å²) in [5, 5.41) is 43.6. The number of nitrogens with zero attached hydrogens (tertiary/aromatic N) is 6. The fourth-order valence-electron chi connectivity index (χ4n) is 5.56. The Bertz CT molecular complexity index is 2630. The summed E-state index contributed by atoms with van der Waals surface area (Å²) in [5.41, 5.74) is 12.3. The van der Waals surface area contributed by atoms with Gasteiger partial charge in [-0.05, 0) is 94.4 Å². The number of phenolic OH excluding ortho intramolecular Hbond substituents is 1. The van der Waals surface area contributed by atoms with E-state index in [4.69, 9.17) is 11.5 Å². The van der Waals surface area contributed by atoms with Crippen LogP contribution in [-0.4, -0.2) is 66.1 Å². The van der Waals surface area contributed by atoms with Gasteiger partial charge in [0.15, 0.2) is 31.0 Å². The van der Waals surface area contributed by atoms with Crippen molar-refractivity contribution in [2.45, 2.75) is 63.2 Å². The Morgan fingerprint density at radius 3 is 1.38 bits per heavy atom. The summed E-state index contributed by atoms with van der Waals surface area (Å²) in [7, 11) is -6.91. The monoisotopic (exact) mass is 939 g/mol. The molecule has 0 saturated heterocycles. The number of sulfone groups is 2. The number of nitrogens with two attached hydrogens (primary N) is 2. The number of hydrogen-bond donors (Lipinski definition) is 5. The number of benzene rings is 4. The first-order valence-electron chi connectivity index (χ1n) is 19.7. The molecule has 4 aromatic carbocycles. The third-order valence-electron chi connectivity index (χ3n) is 9.14. The van der Waals surface area contributed by atoms with Crippen molar-refractivity contribution in [1.29, 1.82) is 0 Å². The fraction of sp³-hybridized carbons (Fsp3) is 0.286. The number of rotatable bonds is 15. The van der Waals surface area contributed by atoms with Crippen LogP contribution < -0.4 is 27.7 Å². The van der Waals surface area contributed by atoms with E-state index in [0.717, 1.165) is 38.1 Å². The molecule has 0 bridgehead atoms. The maximum atomic E-state index is 12.6. The Balaban J connectivity index is 0.000000282. The topological polar surface area (TPSA) is 289 Å². The van der Waals surface area contributed by atoms with Gasteiger partial charge in [-0.3, -0.25) is 19.8 Å². The van der Waals surface area contributed by atoms with Crippen LogP contribution in [0.25, 0.3) is 11.4 Å². The molecule has 0 aliphatic rings. The predicted octanol–water partition coefficient (Wildman–Crippen LogP) is 6.61. The average molecular weight is 940 g/mol. The summed E-state index contributed by atoms with van der Waals surface area (Å²) < 4.78 is 50.1. The molecule has 6 aromatic rings. The number of aryl methyl sites for hydroxylation is 2. The molecule has 0 saturated carbocycles. The van der Waals surface area contributed by atoms with E-state index in [2.05, 4.69) is 30.7 Å². The number of H-pyrrole nitrogens is 2. The van der Waals surface area contributed by atoms with Crippen LogP contribution in [0.5, 0.6) is 11.5 Å². The van der Waals surface area contributed by atoms with Crippen LogP contribution in [0.4, 0.5) is 22.7 Å². The van der Waals surface area contributed by atoms with Gasteiger partial charge in [-0.1, -0.05) is 68.8 Å². The zero-order valence-electron chi connectivity index (χ0n) is 35.3. The molecule has 18 nitrogen and oxygen atoms in total. The predicted molar refractivity (Wildman–Crippen MR) is 237 cm³/mol. The van der Waals surface area contributed by atoms with Crippen molar-refractivity contribution in [3.63, 3.8) is 0 Å². The van der Waals surface area contributed by atoms with Crippen molar-refractivity contribution in [3.05, 3.63) is 129 Å². The molecule has 0 aliphatic heterocycles. The van der Waals surface area contributed by atoms with E-state index in [1.165, 1.54) is 60.3 Å². The molecule has 2 heterocycles. The summed E-state index contributed by atoms with van der Waals surface area (Å²) in [6.45, 7) is 8.03. The average Bonchev–Trinajstić information content (AvgIpc) is 3.73. The van der Waals surface area contributed by atoms with Crippen molar-refractivity contribution in [2.24, 2.45) is 31.9 Å². The quantitative estimate of drug-likeness (QED) is 0.0542. The molecule has 1 radical (unpaired) electrons. The second-order valence-corrected chi connectivity index (χ2v) is 18.2. The van der Waals surface area contributed by atoms with Crippen molar-refractivity contribution < 1.29 is 44.4 Å². The molecule has 0 aliphatic carbocycles. The number of hydrogen-bond acceptors (Lipinski definition) is 14. The molecule has 0 fully saturated rings. The van der Waals surface area contributed by atoms with Gasteiger partial charge in [-0.2, -0.15) is 5.11 Å². The Kier molecular flexibility index (Phi) is 19.6. The molecule has 0 amide bonds. The number of unbranched alkanes of at least 4 members (excludes halogenated alkanes) is 3. The number of para-hydroxylation sites is 2. The number of aromatic nitrogens is 4. The second-order valence-electron chi connectivity index (χ2n) is 13.6. The molecule has 333 valence electrons. The van der Waals surface area contributed by atoms with Crippen molar-refractivity contribution in [3.8, 4) is 22.9 Å². The zero-order valence-corrected chi connectivity index (χ0v) is 38.2. The zero-order chi connectivity index (χ0) is 45.5. The third kappa shape index (κ3) is 13.8. The van der Waals surface area contributed by atoms with Crippen LogP contribution in [0, 0.1) is 13.8 Å². The number of nitrogens with one attached hydrogen (secondary N) is 2. The molecule has 21 heteroatoms. The van der Waals surface area contributed by atoms with Gasteiger partial charge in [0.05, 0.1) is 49.7 Å². The summed E-state index contributed by atoms with van der Waals surface area (Å²) in [5.74, 6) is -1.08. The van der Waals surface area contributed by atoms with Crippen LogP contribution in [-0.2, 0) is 37.0 Å². The molecule has 0 atom stereocenters. The van der Waals surface area contributed by atoms with Gasteiger partial charge in [-0.15, -0.1) is 15.3 Å².